The van der Waals surface area contributed by atoms with Gasteiger partial charge in [0.15, 0.2) is 0 Å². The Bertz CT molecular complexity index is 330. The maximum absolute atomic E-state index is 12.5. The molecule has 0 atom stereocenters. The molecule has 0 aliphatic heterocycles. The molecule has 1 aromatic heterocycles. The Morgan fingerprint density at radius 1 is 1.43 bits per heavy atom. The van der Waals surface area contributed by atoms with Crippen LogP contribution in [0.15, 0.2) is 0 Å². The van der Waals surface area contributed by atoms with Crippen molar-refractivity contribution in [3.8, 4) is 0 Å². The van der Waals surface area contributed by atoms with E-state index in [1.807, 2.05) is 0 Å². The zero-order valence-electron chi connectivity index (χ0n) is 7.82. The number of alkyl halides is 4. The van der Waals surface area contributed by atoms with Crippen molar-refractivity contribution in [2.45, 2.75) is 25.4 Å². The number of rotatable bonds is 2. The first kappa shape index (κ1) is 11.4. The van der Waals surface area contributed by atoms with Crippen LogP contribution in [0.4, 0.5) is 13.2 Å². The third-order valence-electron chi connectivity index (χ3n) is 1.97. The van der Waals surface area contributed by atoms with E-state index in [0.29, 0.717) is 12.1 Å². The molecule has 0 saturated carbocycles. The van der Waals surface area contributed by atoms with E-state index in [1.165, 1.54) is 7.05 Å². The Morgan fingerprint density at radius 3 is 2.36 bits per heavy atom. The first-order valence-electron chi connectivity index (χ1n) is 4.09. The molecule has 0 spiro atoms. The Labute approximate surface area is 84.7 Å². The summed E-state index contributed by atoms with van der Waals surface area (Å²) in [5.74, 6) is -0.161. The summed E-state index contributed by atoms with van der Waals surface area (Å²) in [6, 6.07) is 0. The van der Waals surface area contributed by atoms with Crippen LogP contribution in [0.5, 0.6) is 0 Å². The fourth-order valence-electron chi connectivity index (χ4n) is 1.40. The third-order valence-corrected chi connectivity index (χ3v) is 2.23. The van der Waals surface area contributed by atoms with Gasteiger partial charge in [0.25, 0.3) is 0 Å². The molecule has 0 fully saturated rings. The molecule has 0 radical (unpaired) electrons. The molecule has 80 valence electrons. The fourth-order valence-corrected chi connectivity index (χ4v) is 1.68. The quantitative estimate of drug-likeness (QED) is 0.709. The molecule has 0 aliphatic rings. The van der Waals surface area contributed by atoms with Crippen molar-refractivity contribution < 1.29 is 13.2 Å². The highest BCUT2D eigenvalue weighted by molar-refractivity contribution is 6.17. The van der Waals surface area contributed by atoms with Crippen LogP contribution >= 0.6 is 11.6 Å². The van der Waals surface area contributed by atoms with Crippen LogP contribution in [-0.4, -0.2) is 9.78 Å². The summed E-state index contributed by atoms with van der Waals surface area (Å²) in [5, 5.41) is 3.78. The SMILES string of the molecule is CCc1nn(C)c(C(F)(F)F)c1CCl. The Morgan fingerprint density at radius 2 is 2.00 bits per heavy atom. The van der Waals surface area contributed by atoms with Gasteiger partial charge in [0.1, 0.15) is 5.69 Å². The molecule has 0 amide bonds. The normalized spacial score (nSPS) is 12.1. The third kappa shape index (κ3) is 1.87. The van der Waals surface area contributed by atoms with E-state index < -0.39 is 11.9 Å². The van der Waals surface area contributed by atoms with E-state index in [9.17, 15) is 13.2 Å². The highest BCUT2D eigenvalue weighted by atomic mass is 35.5. The predicted octanol–water partition coefficient (Wildman–Crippen LogP) is 2.74. The second kappa shape index (κ2) is 3.81. The lowest BCUT2D eigenvalue weighted by atomic mass is 10.1. The zero-order valence-corrected chi connectivity index (χ0v) is 8.58. The van der Waals surface area contributed by atoms with Gasteiger partial charge in [-0.05, 0) is 6.42 Å². The molecule has 1 aromatic rings. The van der Waals surface area contributed by atoms with Crippen molar-refractivity contribution in [1.29, 1.82) is 0 Å². The molecule has 0 aromatic carbocycles. The van der Waals surface area contributed by atoms with Crippen LogP contribution in [0, 0.1) is 0 Å². The van der Waals surface area contributed by atoms with Crippen molar-refractivity contribution in [3.05, 3.63) is 17.0 Å². The highest BCUT2D eigenvalue weighted by Gasteiger charge is 2.38. The maximum Gasteiger partial charge on any atom is 0.433 e. The summed E-state index contributed by atoms with van der Waals surface area (Å²) in [4.78, 5) is 0. The van der Waals surface area contributed by atoms with Gasteiger partial charge < -0.3 is 0 Å². The predicted molar refractivity (Wildman–Crippen MR) is 47.1 cm³/mol. The zero-order chi connectivity index (χ0) is 10.9. The van der Waals surface area contributed by atoms with E-state index in [4.69, 9.17) is 11.6 Å². The summed E-state index contributed by atoms with van der Waals surface area (Å²) in [6.07, 6.45) is -3.94. The van der Waals surface area contributed by atoms with E-state index in [2.05, 4.69) is 5.10 Å². The van der Waals surface area contributed by atoms with Crippen LogP contribution in [0.2, 0.25) is 0 Å². The number of aryl methyl sites for hydroxylation is 2. The van der Waals surface area contributed by atoms with Crippen molar-refractivity contribution in [3.63, 3.8) is 0 Å². The number of aromatic nitrogens is 2. The van der Waals surface area contributed by atoms with Crippen molar-refractivity contribution in [2.24, 2.45) is 7.05 Å². The van der Waals surface area contributed by atoms with Crippen LogP contribution < -0.4 is 0 Å². The van der Waals surface area contributed by atoms with Gasteiger partial charge in [-0.25, -0.2) is 0 Å². The molecular formula is C8H10ClF3N2. The lowest BCUT2D eigenvalue weighted by Gasteiger charge is -2.08. The molecule has 14 heavy (non-hydrogen) atoms. The first-order valence-corrected chi connectivity index (χ1v) is 4.63. The molecule has 0 bridgehead atoms. The number of hydrogen-bond acceptors (Lipinski definition) is 1. The van der Waals surface area contributed by atoms with Gasteiger partial charge in [0.2, 0.25) is 0 Å². The molecule has 1 heterocycles. The van der Waals surface area contributed by atoms with E-state index in [0.717, 1.165) is 4.68 Å². The second-order valence-corrected chi connectivity index (χ2v) is 3.15. The minimum Gasteiger partial charge on any atom is -0.263 e. The van der Waals surface area contributed by atoms with Gasteiger partial charge in [-0.2, -0.15) is 18.3 Å². The monoisotopic (exact) mass is 226 g/mol. The topological polar surface area (TPSA) is 17.8 Å². The van der Waals surface area contributed by atoms with Gasteiger partial charge in [0, 0.05) is 12.6 Å². The minimum absolute atomic E-state index is 0.0872. The fraction of sp³-hybridized carbons (Fsp3) is 0.625. The molecule has 0 aliphatic carbocycles. The standard InChI is InChI=1S/C8H10ClF3N2/c1-3-6-5(4-9)7(8(10,11)12)14(2)13-6/h3-4H2,1-2H3. The molecule has 6 heteroatoms. The van der Waals surface area contributed by atoms with Crippen LogP contribution in [-0.2, 0) is 25.5 Å². The number of halogens is 4. The van der Waals surface area contributed by atoms with Crippen LogP contribution in [0.25, 0.3) is 0 Å². The summed E-state index contributed by atoms with van der Waals surface area (Å²) in [6.45, 7) is 1.75. The van der Waals surface area contributed by atoms with Gasteiger partial charge in [0.05, 0.1) is 11.6 Å². The summed E-state index contributed by atoms with van der Waals surface area (Å²) < 4.78 is 38.4. The van der Waals surface area contributed by atoms with E-state index in [-0.39, 0.29) is 11.4 Å². The van der Waals surface area contributed by atoms with Crippen molar-refractivity contribution >= 4 is 11.6 Å². The summed E-state index contributed by atoms with van der Waals surface area (Å²) >= 11 is 5.48. The Kier molecular flexibility index (Phi) is 3.09. The maximum atomic E-state index is 12.5. The van der Waals surface area contributed by atoms with Crippen molar-refractivity contribution in [1.82, 2.24) is 9.78 Å². The molecule has 0 saturated heterocycles. The summed E-state index contributed by atoms with van der Waals surface area (Å²) in [5.41, 5.74) is -0.247. The molecule has 0 N–H and O–H groups in total. The Hall–Kier alpha value is -0.710. The smallest absolute Gasteiger partial charge is 0.263 e. The minimum atomic E-state index is -4.39. The highest BCUT2D eigenvalue weighted by Crippen LogP contribution is 2.33. The van der Waals surface area contributed by atoms with Gasteiger partial charge in [-0.1, -0.05) is 6.92 Å². The van der Waals surface area contributed by atoms with E-state index in [1.54, 1.807) is 6.92 Å². The second-order valence-electron chi connectivity index (χ2n) is 2.88. The Balaban J connectivity index is 3.34. The van der Waals surface area contributed by atoms with Crippen LogP contribution in [0.1, 0.15) is 23.9 Å². The lowest BCUT2D eigenvalue weighted by Crippen LogP contribution is -2.13. The van der Waals surface area contributed by atoms with Crippen molar-refractivity contribution in [2.75, 3.05) is 0 Å². The van der Waals surface area contributed by atoms with Crippen LogP contribution in [0.3, 0.4) is 0 Å². The van der Waals surface area contributed by atoms with Gasteiger partial charge >= 0.3 is 6.18 Å². The average molecular weight is 227 g/mol. The largest absolute Gasteiger partial charge is 0.433 e. The molecule has 1 rings (SSSR count). The molecule has 0 unspecified atom stereocenters. The number of nitrogens with zero attached hydrogens (tertiary/aromatic N) is 2. The first-order chi connectivity index (χ1) is 6.41. The summed E-state index contributed by atoms with van der Waals surface area (Å²) in [7, 11) is 1.28. The van der Waals surface area contributed by atoms with E-state index >= 15 is 0 Å². The lowest BCUT2D eigenvalue weighted by molar-refractivity contribution is -0.144. The molecular weight excluding hydrogens is 217 g/mol. The number of hydrogen-bond donors (Lipinski definition) is 0. The molecule has 2 nitrogen and oxygen atoms in total. The average Bonchev–Trinajstić information content (AvgIpc) is 2.40. The van der Waals surface area contributed by atoms with Gasteiger partial charge in [-0.15, -0.1) is 11.6 Å². The van der Waals surface area contributed by atoms with Gasteiger partial charge in [-0.3, -0.25) is 4.68 Å².